The fourth-order valence-corrected chi connectivity index (χ4v) is 2.94. The third-order valence-corrected chi connectivity index (χ3v) is 3.97. The van der Waals surface area contributed by atoms with Crippen molar-refractivity contribution in [3.05, 3.63) is 0 Å². The molecule has 1 saturated carbocycles. The van der Waals surface area contributed by atoms with Gasteiger partial charge in [-0.25, -0.2) is 4.79 Å². The monoisotopic (exact) mass is 254 g/mol. The summed E-state index contributed by atoms with van der Waals surface area (Å²) in [5.74, 6) is 1.33. The van der Waals surface area contributed by atoms with E-state index in [1.54, 1.807) is 0 Å². The minimum absolute atomic E-state index is 0.0966. The molecule has 104 valence electrons. The minimum atomic E-state index is -0.437. The fraction of sp³-hybridized carbons (Fsp3) is 0.929. The SMILES string of the molecule is CC1C(C2CC2)CC(N)CN1C(=O)OC(C)(C)C. The summed E-state index contributed by atoms with van der Waals surface area (Å²) in [7, 11) is 0. The maximum absolute atomic E-state index is 12.2. The van der Waals surface area contributed by atoms with Gasteiger partial charge in [-0.05, 0) is 58.8 Å². The first kappa shape index (κ1) is 13.7. The number of rotatable bonds is 1. The maximum atomic E-state index is 12.2. The average molecular weight is 254 g/mol. The van der Waals surface area contributed by atoms with E-state index < -0.39 is 5.60 Å². The van der Waals surface area contributed by atoms with E-state index in [2.05, 4.69) is 6.92 Å². The molecule has 2 rings (SSSR count). The Morgan fingerprint density at radius 2 is 1.94 bits per heavy atom. The van der Waals surface area contributed by atoms with Gasteiger partial charge in [-0.1, -0.05) is 0 Å². The predicted octanol–water partition coefficient (Wildman–Crippen LogP) is 2.37. The molecule has 3 unspecified atom stereocenters. The van der Waals surface area contributed by atoms with Crippen molar-refractivity contribution in [2.45, 2.75) is 64.6 Å². The summed E-state index contributed by atoms with van der Waals surface area (Å²) in [6, 6.07) is 0.353. The second-order valence-electron chi connectivity index (χ2n) is 6.87. The van der Waals surface area contributed by atoms with Gasteiger partial charge in [0.1, 0.15) is 5.60 Å². The summed E-state index contributed by atoms with van der Waals surface area (Å²) in [6.07, 6.45) is 3.43. The molecule has 4 heteroatoms. The van der Waals surface area contributed by atoms with Gasteiger partial charge in [0.15, 0.2) is 0 Å². The first-order valence-electron chi connectivity index (χ1n) is 7.03. The zero-order valence-electron chi connectivity index (χ0n) is 12.0. The van der Waals surface area contributed by atoms with Gasteiger partial charge in [0.25, 0.3) is 0 Å². The van der Waals surface area contributed by atoms with Gasteiger partial charge in [-0.15, -0.1) is 0 Å². The van der Waals surface area contributed by atoms with E-state index in [-0.39, 0.29) is 18.2 Å². The molecule has 1 aliphatic carbocycles. The number of amides is 1. The van der Waals surface area contributed by atoms with Gasteiger partial charge in [0.05, 0.1) is 0 Å². The molecule has 1 amide bonds. The lowest BCUT2D eigenvalue weighted by atomic mass is 9.84. The van der Waals surface area contributed by atoms with Gasteiger partial charge in [0.2, 0.25) is 0 Å². The van der Waals surface area contributed by atoms with Crippen LogP contribution in [0.25, 0.3) is 0 Å². The van der Waals surface area contributed by atoms with E-state index in [0.717, 1.165) is 12.3 Å². The number of carbonyl (C=O) groups excluding carboxylic acids is 1. The third-order valence-electron chi connectivity index (χ3n) is 3.97. The molecule has 1 saturated heterocycles. The van der Waals surface area contributed by atoms with Crippen molar-refractivity contribution >= 4 is 6.09 Å². The lowest BCUT2D eigenvalue weighted by Gasteiger charge is -2.42. The number of ether oxygens (including phenoxy) is 1. The van der Waals surface area contributed by atoms with Crippen LogP contribution in [0.4, 0.5) is 4.79 Å². The van der Waals surface area contributed by atoms with Crippen molar-refractivity contribution in [2.75, 3.05) is 6.54 Å². The molecule has 3 atom stereocenters. The van der Waals surface area contributed by atoms with E-state index in [0.29, 0.717) is 12.5 Å². The lowest BCUT2D eigenvalue weighted by Crippen LogP contribution is -2.55. The van der Waals surface area contributed by atoms with Crippen LogP contribution in [0.2, 0.25) is 0 Å². The second-order valence-corrected chi connectivity index (χ2v) is 6.87. The van der Waals surface area contributed by atoms with Crippen LogP contribution in [0, 0.1) is 11.8 Å². The summed E-state index contributed by atoms with van der Waals surface area (Å²) in [4.78, 5) is 14.0. The highest BCUT2D eigenvalue weighted by molar-refractivity contribution is 5.68. The summed E-state index contributed by atoms with van der Waals surface area (Å²) < 4.78 is 5.48. The Kier molecular flexibility index (Phi) is 3.58. The van der Waals surface area contributed by atoms with Crippen LogP contribution in [0.1, 0.15) is 47.0 Å². The molecule has 0 spiro atoms. The summed E-state index contributed by atoms with van der Waals surface area (Å²) in [5.41, 5.74) is 5.66. The molecular weight excluding hydrogens is 228 g/mol. The van der Waals surface area contributed by atoms with E-state index in [9.17, 15) is 4.79 Å². The number of hydrogen-bond acceptors (Lipinski definition) is 3. The van der Waals surface area contributed by atoms with Crippen molar-refractivity contribution < 1.29 is 9.53 Å². The van der Waals surface area contributed by atoms with Crippen LogP contribution in [-0.2, 0) is 4.74 Å². The molecule has 1 heterocycles. The molecule has 0 aromatic heterocycles. The zero-order chi connectivity index (χ0) is 13.5. The number of nitrogens with two attached hydrogens (primary N) is 1. The normalized spacial score (nSPS) is 33.4. The Morgan fingerprint density at radius 3 is 2.44 bits per heavy atom. The van der Waals surface area contributed by atoms with Crippen LogP contribution in [0.15, 0.2) is 0 Å². The summed E-state index contributed by atoms with van der Waals surface area (Å²) >= 11 is 0. The largest absolute Gasteiger partial charge is 0.444 e. The van der Waals surface area contributed by atoms with E-state index in [4.69, 9.17) is 10.5 Å². The number of piperidine rings is 1. The maximum Gasteiger partial charge on any atom is 0.410 e. The van der Waals surface area contributed by atoms with Gasteiger partial charge in [-0.3, -0.25) is 0 Å². The molecule has 2 aliphatic rings. The van der Waals surface area contributed by atoms with E-state index >= 15 is 0 Å². The van der Waals surface area contributed by atoms with Crippen molar-refractivity contribution in [1.29, 1.82) is 0 Å². The molecule has 0 radical (unpaired) electrons. The molecular formula is C14H26N2O2. The molecule has 2 N–H and O–H groups in total. The molecule has 0 aromatic carbocycles. The predicted molar refractivity (Wildman–Crippen MR) is 71.2 cm³/mol. The Bertz CT molecular complexity index is 320. The molecule has 2 fully saturated rings. The first-order chi connectivity index (χ1) is 8.28. The highest BCUT2D eigenvalue weighted by atomic mass is 16.6. The average Bonchev–Trinajstić information content (AvgIpc) is 3.01. The van der Waals surface area contributed by atoms with Crippen LogP contribution in [-0.4, -0.2) is 35.2 Å². The smallest absolute Gasteiger partial charge is 0.410 e. The zero-order valence-corrected chi connectivity index (χ0v) is 12.0. The number of carbonyl (C=O) groups is 1. The molecule has 0 bridgehead atoms. The summed E-state index contributed by atoms with van der Waals surface area (Å²) in [6.45, 7) is 8.46. The molecule has 4 nitrogen and oxygen atoms in total. The fourth-order valence-electron chi connectivity index (χ4n) is 2.94. The van der Waals surface area contributed by atoms with Gasteiger partial charge < -0.3 is 15.4 Å². The van der Waals surface area contributed by atoms with Crippen molar-refractivity contribution in [2.24, 2.45) is 17.6 Å². The quantitative estimate of drug-likeness (QED) is 0.781. The van der Waals surface area contributed by atoms with Crippen LogP contribution in [0.5, 0.6) is 0 Å². The summed E-state index contributed by atoms with van der Waals surface area (Å²) in [5, 5.41) is 0. The number of likely N-dealkylation sites (tertiary alicyclic amines) is 1. The van der Waals surface area contributed by atoms with Crippen LogP contribution < -0.4 is 5.73 Å². The van der Waals surface area contributed by atoms with Crippen molar-refractivity contribution in [3.63, 3.8) is 0 Å². The molecule has 1 aliphatic heterocycles. The molecule has 0 aromatic rings. The van der Waals surface area contributed by atoms with E-state index in [1.807, 2.05) is 25.7 Å². The van der Waals surface area contributed by atoms with Gasteiger partial charge >= 0.3 is 6.09 Å². The van der Waals surface area contributed by atoms with Crippen LogP contribution in [0.3, 0.4) is 0 Å². The Morgan fingerprint density at radius 1 is 1.33 bits per heavy atom. The third kappa shape index (κ3) is 3.16. The highest BCUT2D eigenvalue weighted by Gasteiger charge is 2.43. The lowest BCUT2D eigenvalue weighted by molar-refractivity contribution is -0.00222. The Balaban J connectivity index is 2.03. The van der Waals surface area contributed by atoms with E-state index in [1.165, 1.54) is 12.8 Å². The topological polar surface area (TPSA) is 55.6 Å². The number of hydrogen-bond donors (Lipinski definition) is 1. The Hall–Kier alpha value is -0.770. The van der Waals surface area contributed by atoms with Crippen molar-refractivity contribution in [1.82, 2.24) is 4.90 Å². The van der Waals surface area contributed by atoms with Crippen LogP contribution >= 0.6 is 0 Å². The first-order valence-corrected chi connectivity index (χ1v) is 7.03. The minimum Gasteiger partial charge on any atom is -0.444 e. The Labute approximate surface area is 110 Å². The standard InChI is InChI=1S/C14H26N2O2/c1-9-12(10-5-6-10)7-11(15)8-16(9)13(17)18-14(2,3)4/h9-12H,5-8,15H2,1-4H3. The molecule has 18 heavy (non-hydrogen) atoms. The van der Waals surface area contributed by atoms with Gasteiger partial charge in [0, 0.05) is 18.6 Å². The van der Waals surface area contributed by atoms with Crippen molar-refractivity contribution in [3.8, 4) is 0 Å². The van der Waals surface area contributed by atoms with Gasteiger partial charge in [-0.2, -0.15) is 0 Å². The number of nitrogens with zero attached hydrogens (tertiary/aromatic N) is 1. The second kappa shape index (κ2) is 4.72. The highest BCUT2D eigenvalue weighted by Crippen LogP contribution is 2.43.